The third kappa shape index (κ3) is 4.39. The molecule has 11 heteroatoms. The zero-order chi connectivity index (χ0) is 25.4. The third-order valence-electron chi connectivity index (χ3n) is 6.09. The van der Waals surface area contributed by atoms with Crippen LogP contribution < -0.4 is 15.4 Å². The Morgan fingerprint density at radius 2 is 1.86 bits per heavy atom. The second-order valence-electron chi connectivity index (χ2n) is 8.25. The van der Waals surface area contributed by atoms with Crippen molar-refractivity contribution in [1.82, 2.24) is 15.2 Å². The molecule has 2 aromatic carbocycles. The number of hydrogen-bond donors (Lipinski definition) is 2. The lowest BCUT2D eigenvalue weighted by atomic mass is 9.95. The maximum Gasteiger partial charge on any atom is 0.233 e. The number of fused-ring (bicyclic) bond motifs is 1. The zero-order valence-corrected chi connectivity index (χ0v) is 20.0. The van der Waals surface area contributed by atoms with Gasteiger partial charge in [0.05, 0.1) is 31.7 Å². The third-order valence-corrected chi connectivity index (χ3v) is 6.42. The van der Waals surface area contributed by atoms with E-state index in [1.54, 1.807) is 12.1 Å². The number of rotatable bonds is 5. The van der Waals surface area contributed by atoms with E-state index in [4.69, 9.17) is 26.8 Å². The van der Waals surface area contributed by atoms with Crippen LogP contribution in [0.2, 0.25) is 5.02 Å². The van der Waals surface area contributed by atoms with Crippen LogP contribution in [0.5, 0.6) is 5.88 Å². The number of methoxy groups -OCH3 is 1. The minimum Gasteiger partial charge on any atom is -0.480 e. The molecule has 186 valence electrons. The van der Waals surface area contributed by atoms with E-state index < -0.39 is 17.7 Å². The number of morpholine rings is 1. The van der Waals surface area contributed by atoms with Crippen LogP contribution in [0.4, 0.5) is 20.3 Å². The lowest BCUT2D eigenvalue weighted by Gasteiger charge is -2.29. The lowest BCUT2D eigenvalue weighted by molar-refractivity contribution is 0.122. The average molecular weight is 514 g/mol. The van der Waals surface area contributed by atoms with Gasteiger partial charge in [0.15, 0.2) is 5.82 Å². The number of ether oxygens (including phenoxy) is 2. The quantitative estimate of drug-likeness (QED) is 0.410. The van der Waals surface area contributed by atoms with Crippen LogP contribution in [-0.2, 0) is 4.74 Å². The Morgan fingerprint density at radius 3 is 2.56 bits per heavy atom. The maximum absolute atomic E-state index is 15.6. The van der Waals surface area contributed by atoms with Gasteiger partial charge >= 0.3 is 0 Å². The maximum atomic E-state index is 15.6. The van der Waals surface area contributed by atoms with E-state index in [9.17, 15) is 5.11 Å². The first kappa shape index (κ1) is 24.1. The van der Waals surface area contributed by atoms with Crippen molar-refractivity contribution < 1.29 is 23.4 Å². The molecule has 36 heavy (non-hydrogen) atoms. The molecular formula is C25H22ClF2N5O3. The Bertz CT molecular complexity index is 1430. The van der Waals surface area contributed by atoms with Gasteiger partial charge in [-0.3, -0.25) is 0 Å². The molecule has 0 saturated carbocycles. The Morgan fingerprint density at radius 1 is 1.08 bits per heavy atom. The summed E-state index contributed by atoms with van der Waals surface area (Å²) in [6.07, 6.45) is -1.30. The number of halogens is 3. The van der Waals surface area contributed by atoms with Gasteiger partial charge in [-0.15, -0.1) is 10.2 Å². The number of aromatic nitrogens is 3. The van der Waals surface area contributed by atoms with Gasteiger partial charge in [0.25, 0.3) is 0 Å². The number of benzene rings is 2. The molecule has 1 atom stereocenters. The van der Waals surface area contributed by atoms with E-state index in [2.05, 4.69) is 15.2 Å². The largest absolute Gasteiger partial charge is 0.480 e. The van der Waals surface area contributed by atoms with Gasteiger partial charge in [-0.05, 0) is 42.0 Å². The fraction of sp³-hybridized carbons (Fsp3) is 0.240. The standard InChI is InChI=1S/C25H22ClF2N5O3/c1-35-22-5-3-19(31-32-22)25(34)16-10-15(18(27)12-17(16)26)14-11-21(29)30-24-13(14)2-4-20(23(24)28)33-6-8-36-9-7-33/h2-5,10-12,25,34H,6-9H2,1H3,(H2,29,30)/t25-/m1/s1. The van der Waals surface area contributed by atoms with Crippen molar-refractivity contribution in [1.29, 1.82) is 0 Å². The van der Waals surface area contributed by atoms with Gasteiger partial charge in [-0.2, -0.15) is 0 Å². The average Bonchev–Trinajstić information content (AvgIpc) is 2.89. The normalized spacial score (nSPS) is 14.8. The van der Waals surface area contributed by atoms with Crippen molar-refractivity contribution in [2.75, 3.05) is 44.0 Å². The summed E-state index contributed by atoms with van der Waals surface area (Å²) in [6.45, 7) is 2.07. The molecular weight excluding hydrogens is 492 g/mol. The first-order valence-electron chi connectivity index (χ1n) is 11.1. The van der Waals surface area contributed by atoms with Crippen molar-refractivity contribution in [2.45, 2.75) is 6.10 Å². The number of hydrogen-bond acceptors (Lipinski definition) is 8. The van der Waals surface area contributed by atoms with Crippen LogP contribution in [0, 0.1) is 11.6 Å². The molecule has 0 bridgehead atoms. The second-order valence-corrected chi connectivity index (χ2v) is 8.65. The first-order valence-corrected chi connectivity index (χ1v) is 11.5. The molecule has 5 rings (SSSR count). The fourth-order valence-electron chi connectivity index (χ4n) is 4.26. The van der Waals surface area contributed by atoms with E-state index in [-0.39, 0.29) is 39.1 Å². The topological polar surface area (TPSA) is 107 Å². The van der Waals surface area contributed by atoms with E-state index >= 15 is 8.78 Å². The number of aliphatic hydroxyl groups excluding tert-OH is 1. The van der Waals surface area contributed by atoms with Gasteiger partial charge < -0.3 is 25.2 Å². The summed E-state index contributed by atoms with van der Waals surface area (Å²) in [7, 11) is 1.45. The molecule has 0 unspecified atom stereocenters. The monoisotopic (exact) mass is 513 g/mol. The smallest absolute Gasteiger partial charge is 0.233 e. The molecule has 0 amide bonds. The number of nitrogen functional groups attached to an aromatic ring is 1. The molecule has 1 fully saturated rings. The predicted octanol–water partition coefficient (Wildman–Crippen LogP) is 4.13. The number of pyridine rings is 1. The van der Waals surface area contributed by atoms with Crippen LogP contribution in [0.3, 0.4) is 0 Å². The highest BCUT2D eigenvalue weighted by atomic mass is 35.5. The zero-order valence-electron chi connectivity index (χ0n) is 19.2. The summed E-state index contributed by atoms with van der Waals surface area (Å²) >= 11 is 6.29. The van der Waals surface area contributed by atoms with Gasteiger partial charge in [0.2, 0.25) is 5.88 Å². The second kappa shape index (κ2) is 9.81. The van der Waals surface area contributed by atoms with E-state index in [1.807, 2.05) is 4.90 Å². The SMILES string of the molecule is COc1ccc([C@H](O)c2cc(-c3cc(N)nc4c(F)c(N5CCOCC5)ccc34)c(F)cc2Cl)nn1. The highest BCUT2D eigenvalue weighted by Gasteiger charge is 2.23. The molecule has 1 aliphatic rings. The predicted molar refractivity (Wildman–Crippen MR) is 132 cm³/mol. The summed E-state index contributed by atoms with van der Waals surface area (Å²) < 4.78 is 41.2. The first-order chi connectivity index (χ1) is 17.4. The number of nitrogens with zero attached hydrogens (tertiary/aromatic N) is 4. The molecule has 3 N–H and O–H groups in total. The van der Waals surface area contributed by atoms with Crippen LogP contribution >= 0.6 is 11.6 Å². The van der Waals surface area contributed by atoms with Gasteiger partial charge in [-0.1, -0.05) is 11.6 Å². The van der Waals surface area contributed by atoms with E-state index in [0.29, 0.717) is 42.9 Å². The minimum atomic E-state index is -1.30. The molecule has 3 heterocycles. The molecule has 4 aromatic rings. The van der Waals surface area contributed by atoms with Crippen molar-refractivity contribution in [3.63, 3.8) is 0 Å². The number of aliphatic hydroxyl groups is 1. The van der Waals surface area contributed by atoms with E-state index in [1.165, 1.54) is 31.4 Å². The molecule has 0 aliphatic carbocycles. The lowest BCUT2D eigenvalue weighted by Crippen LogP contribution is -2.36. The highest BCUT2D eigenvalue weighted by molar-refractivity contribution is 6.31. The van der Waals surface area contributed by atoms with Crippen LogP contribution in [0.15, 0.2) is 42.5 Å². The van der Waals surface area contributed by atoms with Crippen molar-refractivity contribution in [3.8, 4) is 17.0 Å². The summed E-state index contributed by atoms with van der Waals surface area (Å²) in [4.78, 5) is 6.07. The molecule has 1 aliphatic heterocycles. The Hall–Kier alpha value is -3.60. The number of nitrogens with two attached hydrogens (primary N) is 1. The Kier molecular flexibility index (Phi) is 6.57. The number of anilines is 2. The summed E-state index contributed by atoms with van der Waals surface area (Å²) in [5.74, 6) is -0.922. The molecule has 2 aromatic heterocycles. The van der Waals surface area contributed by atoms with Crippen molar-refractivity contribution in [3.05, 3.63) is 70.4 Å². The van der Waals surface area contributed by atoms with Gasteiger partial charge in [0, 0.05) is 40.7 Å². The minimum absolute atomic E-state index is 0.00603. The van der Waals surface area contributed by atoms with Gasteiger partial charge in [-0.25, -0.2) is 13.8 Å². The van der Waals surface area contributed by atoms with E-state index in [0.717, 1.165) is 6.07 Å². The van der Waals surface area contributed by atoms with Crippen molar-refractivity contribution in [2.24, 2.45) is 0 Å². The van der Waals surface area contributed by atoms with Crippen molar-refractivity contribution >= 4 is 34.0 Å². The molecule has 0 radical (unpaired) electrons. The highest BCUT2D eigenvalue weighted by Crippen LogP contribution is 2.39. The summed E-state index contributed by atoms with van der Waals surface area (Å²) in [5, 5.41) is 19.1. The van der Waals surface area contributed by atoms with Crippen LogP contribution in [0.1, 0.15) is 17.4 Å². The molecule has 0 spiro atoms. The molecule has 8 nitrogen and oxygen atoms in total. The van der Waals surface area contributed by atoms with Gasteiger partial charge in [0.1, 0.15) is 23.3 Å². The Labute approximate surface area is 210 Å². The molecule has 1 saturated heterocycles. The fourth-order valence-corrected chi connectivity index (χ4v) is 4.52. The summed E-state index contributed by atoms with van der Waals surface area (Å²) in [6, 6.07) is 10.3. The Balaban J connectivity index is 1.62. The van der Waals surface area contributed by atoms with Crippen LogP contribution in [0.25, 0.3) is 22.0 Å². The van der Waals surface area contributed by atoms with Crippen LogP contribution in [-0.4, -0.2) is 53.7 Å². The summed E-state index contributed by atoms with van der Waals surface area (Å²) in [5.41, 5.74) is 7.19.